The summed E-state index contributed by atoms with van der Waals surface area (Å²) in [5, 5.41) is 4.17. The molecule has 2 fully saturated rings. The van der Waals surface area contributed by atoms with E-state index in [0.29, 0.717) is 29.9 Å². The van der Waals surface area contributed by atoms with E-state index in [-0.39, 0.29) is 18.4 Å². The lowest BCUT2D eigenvalue weighted by Gasteiger charge is -2.40. The molecular formula is C25H28ClN5O2S. The third-order valence-electron chi connectivity index (χ3n) is 6.88. The fourth-order valence-corrected chi connectivity index (χ4v) is 6.36. The van der Waals surface area contributed by atoms with Crippen molar-refractivity contribution >= 4 is 45.0 Å². The highest BCUT2D eigenvalue weighted by Gasteiger charge is 2.30. The van der Waals surface area contributed by atoms with Gasteiger partial charge in [0.1, 0.15) is 6.33 Å². The van der Waals surface area contributed by atoms with Gasteiger partial charge in [-0.25, -0.2) is 9.97 Å². The molecule has 2 amide bonds. The van der Waals surface area contributed by atoms with E-state index in [9.17, 15) is 9.59 Å². The molecule has 0 saturated carbocycles. The number of aromatic nitrogens is 2. The molecule has 5 rings (SSSR count). The number of hydrogen-bond donors (Lipinski definition) is 1. The zero-order valence-electron chi connectivity index (χ0n) is 19.6. The van der Waals surface area contributed by atoms with Crippen molar-refractivity contribution in [2.24, 2.45) is 0 Å². The number of aryl methyl sites for hydroxylation is 1. The Labute approximate surface area is 208 Å². The smallest absolute Gasteiger partial charge is 0.230 e. The molecule has 0 bridgehead atoms. The van der Waals surface area contributed by atoms with Gasteiger partial charge in [-0.1, -0.05) is 11.6 Å². The zero-order valence-corrected chi connectivity index (χ0v) is 21.2. The highest BCUT2D eigenvalue weighted by molar-refractivity contribution is 7.19. The van der Waals surface area contributed by atoms with Gasteiger partial charge in [-0.3, -0.25) is 19.4 Å². The third kappa shape index (κ3) is 4.35. The van der Waals surface area contributed by atoms with E-state index in [1.165, 1.54) is 21.8 Å². The van der Waals surface area contributed by atoms with Gasteiger partial charge in [-0.05, 0) is 50.1 Å². The summed E-state index contributed by atoms with van der Waals surface area (Å²) in [5.41, 5.74) is 5.02. The van der Waals surface area contributed by atoms with Crippen LogP contribution >= 0.6 is 22.9 Å². The molecule has 0 spiro atoms. The van der Waals surface area contributed by atoms with Gasteiger partial charge in [0.15, 0.2) is 0 Å². The van der Waals surface area contributed by atoms with Crippen molar-refractivity contribution in [3.05, 3.63) is 45.6 Å². The van der Waals surface area contributed by atoms with Crippen molar-refractivity contribution in [1.29, 1.82) is 0 Å². The normalized spacial score (nSPS) is 21.7. The maximum Gasteiger partial charge on any atom is 0.230 e. The first kappa shape index (κ1) is 23.4. The van der Waals surface area contributed by atoms with Crippen LogP contribution in [-0.2, 0) is 22.7 Å². The number of rotatable bonds is 5. The number of carbonyl (C=O) groups excluding carboxylic acids is 2. The van der Waals surface area contributed by atoms with Gasteiger partial charge < -0.3 is 5.32 Å². The van der Waals surface area contributed by atoms with Gasteiger partial charge in [0.2, 0.25) is 11.8 Å². The molecule has 34 heavy (non-hydrogen) atoms. The SMILES string of the molecule is Cc1cc(Cl)cc(-c2ncnc3cc(CN4C(=O)CCC4=O)sc23)c1CN1C(C)CNC[C@@H]1C. The van der Waals surface area contributed by atoms with E-state index in [2.05, 4.69) is 41.0 Å². The van der Waals surface area contributed by atoms with Gasteiger partial charge in [0.05, 0.1) is 22.5 Å². The summed E-state index contributed by atoms with van der Waals surface area (Å²) in [4.78, 5) is 38.2. The molecule has 2 aliphatic heterocycles. The number of nitrogens with zero attached hydrogens (tertiary/aromatic N) is 4. The number of amides is 2. The second-order valence-electron chi connectivity index (χ2n) is 9.30. The largest absolute Gasteiger partial charge is 0.314 e. The molecule has 4 heterocycles. The van der Waals surface area contributed by atoms with Crippen molar-refractivity contribution in [1.82, 2.24) is 25.1 Å². The van der Waals surface area contributed by atoms with E-state index in [1.807, 2.05) is 18.2 Å². The number of thiophene rings is 1. The summed E-state index contributed by atoms with van der Waals surface area (Å²) in [7, 11) is 0. The maximum absolute atomic E-state index is 12.1. The predicted molar refractivity (Wildman–Crippen MR) is 135 cm³/mol. The summed E-state index contributed by atoms with van der Waals surface area (Å²) >= 11 is 8.07. The van der Waals surface area contributed by atoms with Crippen molar-refractivity contribution < 1.29 is 9.59 Å². The fourth-order valence-electron chi connectivity index (χ4n) is 4.99. The quantitative estimate of drug-likeness (QED) is 0.533. The van der Waals surface area contributed by atoms with Gasteiger partial charge in [-0.15, -0.1) is 11.3 Å². The number of piperazine rings is 1. The van der Waals surface area contributed by atoms with Gasteiger partial charge >= 0.3 is 0 Å². The summed E-state index contributed by atoms with van der Waals surface area (Å²) < 4.78 is 0.945. The summed E-state index contributed by atoms with van der Waals surface area (Å²) in [6.45, 7) is 9.63. The van der Waals surface area contributed by atoms with E-state index in [4.69, 9.17) is 11.6 Å². The second-order valence-corrected chi connectivity index (χ2v) is 10.9. The number of imide groups is 1. The van der Waals surface area contributed by atoms with E-state index >= 15 is 0 Å². The number of likely N-dealkylation sites (tertiary alicyclic amines) is 1. The first-order valence-electron chi connectivity index (χ1n) is 11.6. The Hall–Kier alpha value is -2.39. The monoisotopic (exact) mass is 497 g/mol. The standard InChI is InChI=1S/C25H28ClN5O2S/c1-14-6-17(26)7-19(20(14)12-30-15(2)9-27-10-16(30)3)24-25-21(28-13-29-24)8-18(34-25)11-31-22(32)4-5-23(31)33/h6-8,13,15-16,27H,4-5,9-12H2,1-3H3/t15-,16?/m0/s1. The molecule has 3 aromatic rings. The summed E-state index contributed by atoms with van der Waals surface area (Å²) in [6, 6.07) is 6.81. The molecule has 0 aliphatic carbocycles. The van der Waals surface area contributed by atoms with E-state index in [1.54, 1.807) is 6.33 Å². The Bertz CT molecular complexity index is 1250. The van der Waals surface area contributed by atoms with Crippen LogP contribution in [0.3, 0.4) is 0 Å². The van der Waals surface area contributed by atoms with Crippen molar-refractivity contribution in [2.75, 3.05) is 13.1 Å². The van der Waals surface area contributed by atoms with Crippen LogP contribution in [0.4, 0.5) is 0 Å². The van der Waals surface area contributed by atoms with Gasteiger partial charge in [0.25, 0.3) is 0 Å². The molecule has 1 aromatic carbocycles. The fraction of sp³-hybridized carbons (Fsp3) is 0.440. The molecule has 1 unspecified atom stereocenters. The van der Waals surface area contributed by atoms with E-state index < -0.39 is 0 Å². The number of benzene rings is 1. The van der Waals surface area contributed by atoms with Crippen LogP contribution in [0.5, 0.6) is 0 Å². The number of carbonyl (C=O) groups is 2. The molecular weight excluding hydrogens is 470 g/mol. The lowest BCUT2D eigenvalue weighted by molar-refractivity contribution is -0.138. The van der Waals surface area contributed by atoms with Crippen LogP contribution in [0.15, 0.2) is 24.5 Å². The first-order valence-corrected chi connectivity index (χ1v) is 12.8. The second kappa shape index (κ2) is 9.34. The van der Waals surface area contributed by atoms with Crippen molar-refractivity contribution in [2.45, 2.75) is 58.8 Å². The van der Waals surface area contributed by atoms with Crippen LogP contribution in [0.1, 0.15) is 42.7 Å². The zero-order chi connectivity index (χ0) is 24.0. The van der Waals surface area contributed by atoms with E-state index in [0.717, 1.165) is 51.5 Å². The van der Waals surface area contributed by atoms with Crippen LogP contribution in [-0.4, -0.2) is 56.8 Å². The minimum Gasteiger partial charge on any atom is -0.314 e. The lowest BCUT2D eigenvalue weighted by Crippen LogP contribution is -2.54. The molecule has 0 radical (unpaired) electrons. The maximum atomic E-state index is 12.1. The predicted octanol–water partition coefficient (Wildman–Crippen LogP) is 4.15. The average molecular weight is 498 g/mol. The molecule has 9 heteroatoms. The van der Waals surface area contributed by atoms with Gasteiger partial charge in [0, 0.05) is 60.0 Å². The molecule has 178 valence electrons. The third-order valence-corrected chi connectivity index (χ3v) is 8.21. The lowest BCUT2D eigenvalue weighted by atomic mass is 9.96. The Morgan fingerprint density at radius 3 is 2.47 bits per heavy atom. The topological polar surface area (TPSA) is 78.4 Å². The minimum absolute atomic E-state index is 0.110. The molecule has 2 atom stereocenters. The van der Waals surface area contributed by atoms with Crippen LogP contribution in [0.25, 0.3) is 21.5 Å². The minimum atomic E-state index is -0.110. The van der Waals surface area contributed by atoms with Gasteiger partial charge in [-0.2, -0.15) is 0 Å². The number of fused-ring (bicyclic) bond motifs is 1. The molecule has 2 aromatic heterocycles. The van der Waals surface area contributed by atoms with Crippen molar-refractivity contribution in [3.8, 4) is 11.3 Å². The van der Waals surface area contributed by atoms with Crippen LogP contribution < -0.4 is 5.32 Å². The van der Waals surface area contributed by atoms with Crippen LogP contribution in [0.2, 0.25) is 5.02 Å². The molecule has 2 saturated heterocycles. The molecule has 7 nitrogen and oxygen atoms in total. The highest BCUT2D eigenvalue weighted by Crippen LogP contribution is 2.38. The number of hydrogen-bond acceptors (Lipinski definition) is 7. The average Bonchev–Trinajstić information content (AvgIpc) is 3.35. The Kier molecular flexibility index (Phi) is 6.41. The Morgan fingerprint density at radius 1 is 1.06 bits per heavy atom. The van der Waals surface area contributed by atoms with Crippen molar-refractivity contribution in [3.63, 3.8) is 0 Å². The Balaban J connectivity index is 1.56. The molecule has 2 aliphatic rings. The number of nitrogens with one attached hydrogen (secondary N) is 1. The summed E-state index contributed by atoms with van der Waals surface area (Å²) in [6.07, 6.45) is 2.17. The van der Waals surface area contributed by atoms with Crippen LogP contribution in [0, 0.1) is 6.92 Å². The number of halogens is 1. The highest BCUT2D eigenvalue weighted by atomic mass is 35.5. The summed E-state index contributed by atoms with van der Waals surface area (Å²) in [5.74, 6) is -0.221. The molecule has 1 N–H and O–H groups in total. The first-order chi connectivity index (χ1) is 16.3. The Morgan fingerprint density at radius 2 is 1.76 bits per heavy atom.